The van der Waals surface area contributed by atoms with Crippen molar-refractivity contribution in [2.75, 3.05) is 0 Å². The standard InChI is InChI=1S/C22H18N4O4/c23-21(28)20(27)17(10-13-6-2-1-3-7-13)25-22(29)15-11-24-26-19(15)16-12-30-18-9-5-4-8-14(16)18/h1-9,11-12,17H,10H2,(H2,23,28)(H,24,26)(H,25,29). The SMILES string of the molecule is NC(=O)C(=O)C(Cc1ccccc1)NC(=O)c1c[nH]nc1-c1coc2ccccc12. The summed E-state index contributed by atoms with van der Waals surface area (Å²) in [5.41, 5.74) is 7.86. The number of nitrogens with one attached hydrogen (secondary N) is 2. The van der Waals surface area contributed by atoms with E-state index in [1.807, 2.05) is 30.3 Å². The molecule has 0 aliphatic heterocycles. The zero-order valence-corrected chi connectivity index (χ0v) is 15.8. The minimum atomic E-state index is -1.11. The molecule has 1 unspecified atom stereocenters. The van der Waals surface area contributed by atoms with Crippen molar-refractivity contribution in [1.29, 1.82) is 0 Å². The Bertz CT molecular complexity index is 1230. The number of hydrogen-bond donors (Lipinski definition) is 3. The van der Waals surface area contributed by atoms with Gasteiger partial charge in [-0.3, -0.25) is 19.5 Å². The fourth-order valence-corrected chi connectivity index (χ4v) is 3.30. The van der Waals surface area contributed by atoms with Crippen LogP contribution in [0.25, 0.3) is 22.2 Å². The van der Waals surface area contributed by atoms with Gasteiger partial charge in [0.25, 0.3) is 11.8 Å². The van der Waals surface area contributed by atoms with Crippen LogP contribution in [-0.4, -0.2) is 33.8 Å². The number of primary amides is 1. The quantitative estimate of drug-likeness (QED) is 0.408. The number of para-hydroxylation sites is 1. The summed E-state index contributed by atoms with van der Waals surface area (Å²) in [5.74, 6) is -2.53. The van der Waals surface area contributed by atoms with Crippen LogP contribution in [0.15, 0.2) is 71.5 Å². The Labute approximate surface area is 171 Å². The maximum absolute atomic E-state index is 13.0. The van der Waals surface area contributed by atoms with Crippen molar-refractivity contribution < 1.29 is 18.8 Å². The predicted octanol–water partition coefficient (Wildman–Crippen LogP) is 2.22. The van der Waals surface area contributed by atoms with Gasteiger partial charge in [0, 0.05) is 23.6 Å². The Kier molecular flexibility index (Phi) is 5.13. The van der Waals surface area contributed by atoms with Crippen molar-refractivity contribution in [2.24, 2.45) is 5.73 Å². The highest BCUT2D eigenvalue weighted by molar-refractivity contribution is 6.38. The largest absolute Gasteiger partial charge is 0.464 e. The number of carbonyl (C=O) groups is 3. The summed E-state index contributed by atoms with van der Waals surface area (Å²) in [6, 6.07) is 15.3. The summed E-state index contributed by atoms with van der Waals surface area (Å²) >= 11 is 0. The molecule has 8 nitrogen and oxygen atoms in total. The molecule has 4 aromatic rings. The van der Waals surface area contributed by atoms with Gasteiger partial charge in [0.1, 0.15) is 23.6 Å². The molecule has 30 heavy (non-hydrogen) atoms. The fraction of sp³-hybridized carbons (Fsp3) is 0.0909. The number of benzene rings is 2. The van der Waals surface area contributed by atoms with E-state index >= 15 is 0 Å². The molecule has 1 atom stereocenters. The summed E-state index contributed by atoms with van der Waals surface area (Å²) in [6.45, 7) is 0. The van der Waals surface area contributed by atoms with Crippen LogP contribution in [0.1, 0.15) is 15.9 Å². The van der Waals surface area contributed by atoms with E-state index in [9.17, 15) is 14.4 Å². The number of hydrogen-bond acceptors (Lipinski definition) is 5. The van der Waals surface area contributed by atoms with Crippen molar-refractivity contribution in [2.45, 2.75) is 12.5 Å². The van der Waals surface area contributed by atoms with Gasteiger partial charge in [-0.15, -0.1) is 0 Å². The number of nitrogens with two attached hydrogens (primary N) is 1. The molecule has 0 spiro atoms. The number of aromatic nitrogens is 2. The van der Waals surface area contributed by atoms with Crippen molar-refractivity contribution >= 4 is 28.6 Å². The van der Waals surface area contributed by atoms with Crippen molar-refractivity contribution in [3.63, 3.8) is 0 Å². The first kappa shape index (κ1) is 19.1. The van der Waals surface area contributed by atoms with E-state index in [1.54, 1.807) is 24.3 Å². The predicted molar refractivity (Wildman–Crippen MR) is 109 cm³/mol. The van der Waals surface area contributed by atoms with Crippen LogP contribution in [0.3, 0.4) is 0 Å². The van der Waals surface area contributed by atoms with E-state index in [2.05, 4.69) is 15.5 Å². The molecule has 8 heteroatoms. The van der Waals surface area contributed by atoms with Gasteiger partial charge in [-0.2, -0.15) is 5.10 Å². The number of nitrogens with zero attached hydrogens (tertiary/aromatic N) is 1. The molecule has 0 radical (unpaired) electrons. The van der Waals surface area contributed by atoms with Crippen molar-refractivity contribution in [1.82, 2.24) is 15.5 Å². The maximum atomic E-state index is 13.0. The van der Waals surface area contributed by atoms with Crippen molar-refractivity contribution in [3.8, 4) is 11.3 Å². The number of aromatic amines is 1. The Morgan fingerprint density at radius 2 is 1.80 bits per heavy atom. The number of furan rings is 1. The molecule has 150 valence electrons. The Morgan fingerprint density at radius 3 is 2.57 bits per heavy atom. The molecule has 0 aliphatic carbocycles. The molecule has 2 amide bonds. The Balaban J connectivity index is 1.63. The van der Waals surface area contributed by atoms with E-state index in [0.717, 1.165) is 10.9 Å². The molecule has 2 heterocycles. The van der Waals surface area contributed by atoms with Crippen LogP contribution in [0.4, 0.5) is 0 Å². The third-order valence-corrected chi connectivity index (χ3v) is 4.77. The highest BCUT2D eigenvalue weighted by atomic mass is 16.3. The minimum absolute atomic E-state index is 0.135. The lowest BCUT2D eigenvalue weighted by Crippen LogP contribution is -2.47. The first-order valence-electron chi connectivity index (χ1n) is 9.23. The third-order valence-electron chi connectivity index (χ3n) is 4.77. The second-order valence-corrected chi connectivity index (χ2v) is 6.74. The lowest BCUT2D eigenvalue weighted by molar-refractivity contribution is -0.137. The summed E-state index contributed by atoms with van der Waals surface area (Å²) in [4.78, 5) is 36.8. The van der Waals surface area contributed by atoms with Gasteiger partial charge >= 0.3 is 0 Å². The van der Waals surface area contributed by atoms with Crippen LogP contribution in [0.5, 0.6) is 0 Å². The summed E-state index contributed by atoms with van der Waals surface area (Å²) in [6.07, 6.45) is 3.09. The summed E-state index contributed by atoms with van der Waals surface area (Å²) in [7, 11) is 0. The summed E-state index contributed by atoms with van der Waals surface area (Å²) in [5, 5.41) is 10.3. The van der Waals surface area contributed by atoms with Gasteiger partial charge in [0.2, 0.25) is 5.78 Å². The Morgan fingerprint density at radius 1 is 1.07 bits per heavy atom. The van der Waals surface area contributed by atoms with E-state index in [1.165, 1.54) is 12.5 Å². The number of H-pyrrole nitrogens is 1. The van der Waals surface area contributed by atoms with Gasteiger partial charge < -0.3 is 15.5 Å². The van der Waals surface area contributed by atoms with E-state index < -0.39 is 23.6 Å². The highest BCUT2D eigenvalue weighted by Crippen LogP contribution is 2.31. The monoisotopic (exact) mass is 402 g/mol. The molecule has 0 bridgehead atoms. The van der Waals surface area contributed by atoms with Gasteiger partial charge in [-0.1, -0.05) is 48.5 Å². The zero-order chi connectivity index (χ0) is 21.1. The van der Waals surface area contributed by atoms with E-state index in [4.69, 9.17) is 10.2 Å². The van der Waals surface area contributed by atoms with Crippen LogP contribution < -0.4 is 11.1 Å². The van der Waals surface area contributed by atoms with Crippen LogP contribution in [0, 0.1) is 0 Å². The number of fused-ring (bicyclic) bond motifs is 1. The average Bonchev–Trinajstić information content (AvgIpc) is 3.40. The molecule has 2 aromatic heterocycles. The van der Waals surface area contributed by atoms with Gasteiger partial charge in [0.15, 0.2) is 0 Å². The van der Waals surface area contributed by atoms with Crippen LogP contribution in [0.2, 0.25) is 0 Å². The average molecular weight is 402 g/mol. The molecule has 0 fully saturated rings. The molecule has 4 rings (SSSR count). The normalized spacial score (nSPS) is 11.9. The Hall–Kier alpha value is -4.20. The minimum Gasteiger partial charge on any atom is -0.464 e. The number of carbonyl (C=O) groups excluding carboxylic acids is 3. The molecule has 2 aromatic carbocycles. The molecular weight excluding hydrogens is 384 g/mol. The van der Waals surface area contributed by atoms with E-state index in [-0.39, 0.29) is 12.0 Å². The van der Waals surface area contributed by atoms with E-state index in [0.29, 0.717) is 16.8 Å². The first-order chi connectivity index (χ1) is 14.5. The molecule has 4 N–H and O–H groups in total. The van der Waals surface area contributed by atoms with Gasteiger partial charge in [0.05, 0.1) is 5.56 Å². The third kappa shape index (κ3) is 3.70. The molecule has 0 aliphatic rings. The topological polar surface area (TPSA) is 131 Å². The number of Topliss-reactive ketones (excluding diaryl/α,β-unsaturated/α-hetero) is 1. The molecular formula is C22H18N4O4. The maximum Gasteiger partial charge on any atom is 0.287 e. The lowest BCUT2D eigenvalue weighted by atomic mass is 10.0. The second-order valence-electron chi connectivity index (χ2n) is 6.74. The lowest BCUT2D eigenvalue weighted by Gasteiger charge is -2.16. The zero-order valence-electron chi connectivity index (χ0n) is 15.8. The fourth-order valence-electron chi connectivity index (χ4n) is 3.30. The smallest absolute Gasteiger partial charge is 0.287 e. The van der Waals surface area contributed by atoms with Crippen molar-refractivity contribution in [3.05, 3.63) is 78.2 Å². The van der Waals surface area contributed by atoms with Crippen LogP contribution >= 0.6 is 0 Å². The second kappa shape index (κ2) is 8.04. The molecule has 0 saturated heterocycles. The number of amides is 2. The molecule has 0 saturated carbocycles. The number of rotatable bonds is 7. The number of ketones is 1. The van der Waals surface area contributed by atoms with Crippen LogP contribution in [-0.2, 0) is 16.0 Å². The highest BCUT2D eigenvalue weighted by Gasteiger charge is 2.28. The van der Waals surface area contributed by atoms with Gasteiger partial charge in [-0.05, 0) is 11.6 Å². The summed E-state index contributed by atoms with van der Waals surface area (Å²) < 4.78 is 5.54. The van der Waals surface area contributed by atoms with Gasteiger partial charge in [-0.25, -0.2) is 0 Å². The first-order valence-corrected chi connectivity index (χ1v) is 9.23.